The number of nitrogens with one attached hydrogen (secondary N) is 1. The number of hydrogen-bond donors (Lipinski definition) is 1. The summed E-state index contributed by atoms with van der Waals surface area (Å²) in [5, 5.41) is 3.17. The van der Waals surface area contributed by atoms with E-state index in [0.29, 0.717) is 6.42 Å². The number of likely N-dealkylation sites (tertiary alicyclic amines) is 1. The second-order valence-electron chi connectivity index (χ2n) is 8.58. The molecule has 1 aliphatic carbocycles. The highest BCUT2D eigenvalue weighted by Gasteiger charge is 2.39. The topological polar surface area (TPSA) is 45.2 Å². The second kappa shape index (κ2) is 9.04. The summed E-state index contributed by atoms with van der Waals surface area (Å²) in [6, 6.07) is 13.2. The van der Waals surface area contributed by atoms with E-state index < -0.39 is 0 Å². The first-order valence-electron chi connectivity index (χ1n) is 10.8. The Bertz CT molecular complexity index is 812. The average Bonchev–Trinajstić information content (AvgIpc) is 3.20. The summed E-state index contributed by atoms with van der Waals surface area (Å²) in [6.45, 7) is 2.82. The van der Waals surface area contributed by atoms with E-state index in [9.17, 15) is 9.18 Å². The molecule has 2 fully saturated rings. The van der Waals surface area contributed by atoms with E-state index in [1.54, 1.807) is 18.3 Å². The van der Waals surface area contributed by atoms with Gasteiger partial charge in [0, 0.05) is 43.0 Å². The van der Waals surface area contributed by atoms with E-state index in [2.05, 4.69) is 15.2 Å². The third kappa shape index (κ3) is 4.84. The van der Waals surface area contributed by atoms with Crippen molar-refractivity contribution >= 4 is 5.91 Å². The number of aromatic nitrogens is 1. The first-order valence-corrected chi connectivity index (χ1v) is 10.8. The summed E-state index contributed by atoms with van der Waals surface area (Å²) in [5.74, 6) is -0.0214. The number of benzene rings is 1. The highest BCUT2D eigenvalue weighted by atomic mass is 19.1. The predicted octanol–water partition coefficient (Wildman–Crippen LogP) is 3.86. The van der Waals surface area contributed by atoms with E-state index in [1.165, 1.54) is 12.8 Å². The van der Waals surface area contributed by atoms with Gasteiger partial charge in [0.2, 0.25) is 5.91 Å². The number of pyridine rings is 1. The fourth-order valence-electron chi connectivity index (χ4n) is 5.07. The van der Waals surface area contributed by atoms with Crippen LogP contribution in [0, 0.1) is 5.82 Å². The molecule has 4 rings (SSSR count). The highest BCUT2D eigenvalue weighted by Crippen LogP contribution is 2.43. The van der Waals surface area contributed by atoms with E-state index in [1.807, 2.05) is 30.3 Å². The molecular formula is C24H30FN3O. The van der Waals surface area contributed by atoms with Gasteiger partial charge in [-0.1, -0.05) is 37.1 Å². The molecule has 154 valence electrons. The Morgan fingerprint density at radius 2 is 1.83 bits per heavy atom. The van der Waals surface area contributed by atoms with Gasteiger partial charge in [-0.2, -0.15) is 0 Å². The Morgan fingerprint density at radius 3 is 2.52 bits per heavy atom. The molecular weight excluding hydrogens is 365 g/mol. The Balaban J connectivity index is 1.31. The lowest BCUT2D eigenvalue weighted by Crippen LogP contribution is -2.48. The van der Waals surface area contributed by atoms with Crippen LogP contribution in [0.4, 0.5) is 4.39 Å². The molecule has 0 unspecified atom stereocenters. The van der Waals surface area contributed by atoms with Crippen molar-refractivity contribution in [3.05, 3.63) is 65.7 Å². The average molecular weight is 396 g/mol. The first kappa shape index (κ1) is 20.0. The fraction of sp³-hybridized carbons (Fsp3) is 0.500. The summed E-state index contributed by atoms with van der Waals surface area (Å²) in [4.78, 5) is 19.0. The number of nitrogens with zero attached hydrogens (tertiary/aromatic N) is 2. The number of carbonyl (C=O) groups excluding carboxylic acids is 1. The van der Waals surface area contributed by atoms with Gasteiger partial charge in [-0.15, -0.1) is 0 Å². The summed E-state index contributed by atoms with van der Waals surface area (Å²) >= 11 is 0. The maximum atomic E-state index is 14.6. The van der Waals surface area contributed by atoms with Crippen molar-refractivity contribution in [1.82, 2.24) is 15.2 Å². The molecule has 1 aliphatic heterocycles. The zero-order chi connectivity index (χ0) is 20.1. The third-order valence-corrected chi connectivity index (χ3v) is 6.55. The largest absolute Gasteiger partial charge is 0.353 e. The molecule has 0 atom stereocenters. The SMILES string of the molecule is O=C(Cc1ccccn1)NC1CCN(CC2(c3ccccc3F)CCCC2)CC1. The van der Waals surface area contributed by atoms with Gasteiger partial charge >= 0.3 is 0 Å². The number of rotatable bonds is 6. The monoisotopic (exact) mass is 395 g/mol. The second-order valence-corrected chi connectivity index (χ2v) is 8.58. The smallest absolute Gasteiger partial charge is 0.226 e. The summed E-state index contributed by atoms with van der Waals surface area (Å²) < 4.78 is 14.6. The van der Waals surface area contributed by atoms with E-state index in [0.717, 1.165) is 56.6 Å². The maximum absolute atomic E-state index is 14.6. The minimum absolute atomic E-state index is 0.0424. The van der Waals surface area contributed by atoms with Crippen molar-refractivity contribution in [1.29, 1.82) is 0 Å². The molecule has 29 heavy (non-hydrogen) atoms. The zero-order valence-electron chi connectivity index (χ0n) is 16.9. The summed E-state index contributed by atoms with van der Waals surface area (Å²) in [5.41, 5.74) is 1.64. The molecule has 1 amide bonds. The molecule has 1 saturated heterocycles. The van der Waals surface area contributed by atoms with Crippen molar-refractivity contribution in [3.8, 4) is 0 Å². The lowest BCUT2D eigenvalue weighted by atomic mass is 9.77. The standard InChI is InChI=1S/C24H30FN3O/c25-22-9-2-1-8-21(22)24(12-4-5-13-24)18-28-15-10-19(11-16-28)27-23(29)17-20-7-3-6-14-26-20/h1-3,6-9,14,19H,4-5,10-13,15-18H2,(H,27,29). The van der Waals surface area contributed by atoms with Crippen LogP contribution < -0.4 is 5.32 Å². The van der Waals surface area contributed by atoms with Gasteiger partial charge < -0.3 is 10.2 Å². The molecule has 1 saturated carbocycles. The maximum Gasteiger partial charge on any atom is 0.226 e. The van der Waals surface area contributed by atoms with Gasteiger partial charge in [0.25, 0.3) is 0 Å². The van der Waals surface area contributed by atoms with Crippen molar-refractivity contribution in [3.63, 3.8) is 0 Å². The van der Waals surface area contributed by atoms with Gasteiger partial charge in [-0.25, -0.2) is 4.39 Å². The van der Waals surface area contributed by atoms with Crippen LogP contribution in [0.5, 0.6) is 0 Å². The van der Waals surface area contributed by atoms with Crippen LogP contribution in [0.25, 0.3) is 0 Å². The fourth-order valence-corrected chi connectivity index (χ4v) is 5.07. The summed E-state index contributed by atoms with van der Waals surface area (Å²) in [6.07, 6.45) is 8.42. The Labute approximate surface area is 172 Å². The number of hydrogen-bond acceptors (Lipinski definition) is 3. The van der Waals surface area contributed by atoms with Crippen LogP contribution in [0.2, 0.25) is 0 Å². The molecule has 0 spiro atoms. The Hall–Kier alpha value is -2.27. The minimum atomic E-state index is -0.0638. The van der Waals surface area contributed by atoms with Gasteiger partial charge in [0.15, 0.2) is 0 Å². The molecule has 2 aliphatic rings. The molecule has 0 radical (unpaired) electrons. The molecule has 2 aromatic rings. The summed E-state index contributed by atoms with van der Waals surface area (Å²) in [7, 11) is 0. The van der Waals surface area contributed by atoms with Crippen LogP contribution in [0.3, 0.4) is 0 Å². The van der Waals surface area contributed by atoms with Crippen molar-refractivity contribution in [2.24, 2.45) is 0 Å². The Morgan fingerprint density at radius 1 is 1.10 bits per heavy atom. The first-order chi connectivity index (χ1) is 14.1. The number of halogens is 1. The minimum Gasteiger partial charge on any atom is -0.353 e. The number of piperidine rings is 1. The van der Waals surface area contributed by atoms with E-state index >= 15 is 0 Å². The lowest BCUT2D eigenvalue weighted by molar-refractivity contribution is -0.121. The molecule has 1 aromatic carbocycles. The van der Waals surface area contributed by atoms with Gasteiger partial charge in [0.1, 0.15) is 5.82 Å². The zero-order valence-corrected chi connectivity index (χ0v) is 16.9. The van der Waals surface area contributed by atoms with Gasteiger partial charge in [-0.05, 0) is 49.4 Å². The van der Waals surface area contributed by atoms with Crippen molar-refractivity contribution in [2.45, 2.75) is 56.4 Å². The van der Waals surface area contributed by atoms with E-state index in [-0.39, 0.29) is 23.2 Å². The molecule has 1 aromatic heterocycles. The van der Waals surface area contributed by atoms with Crippen LogP contribution in [0.15, 0.2) is 48.7 Å². The molecule has 5 heteroatoms. The van der Waals surface area contributed by atoms with Crippen LogP contribution in [0.1, 0.15) is 49.8 Å². The normalized spacial score (nSPS) is 19.9. The lowest BCUT2D eigenvalue weighted by Gasteiger charge is -2.39. The molecule has 2 heterocycles. The van der Waals surface area contributed by atoms with Gasteiger partial charge in [-0.3, -0.25) is 9.78 Å². The van der Waals surface area contributed by atoms with Crippen molar-refractivity contribution in [2.75, 3.05) is 19.6 Å². The molecule has 4 nitrogen and oxygen atoms in total. The van der Waals surface area contributed by atoms with Crippen LogP contribution in [-0.4, -0.2) is 41.5 Å². The van der Waals surface area contributed by atoms with E-state index in [4.69, 9.17) is 0 Å². The molecule has 1 N–H and O–H groups in total. The van der Waals surface area contributed by atoms with Crippen LogP contribution >= 0.6 is 0 Å². The number of amides is 1. The third-order valence-electron chi connectivity index (χ3n) is 6.55. The van der Waals surface area contributed by atoms with Crippen LogP contribution in [-0.2, 0) is 16.6 Å². The predicted molar refractivity (Wildman–Crippen MR) is 112 cm³/mol. The van der Waals surface area contributed by atoms with Gasteiger partial charge in [0.05, 0.1) is 6.42 Å². The molecule has 0 bridgehead atoms. The Kier molecular flexibility index (Phi) is 6.24. The van der Waals surface area contributed by atoms with Crippen molar-refractivity contribution < 1.29 is 9.18 Å². The number of carbonyl (C=O) groups is 1. The quantitative estimate of drug-likeness (QED) is 0.808. The highest BCUT2D eigenvalue weighted by molar-refractivity contribution is 5.78.